The van der Waals surface area contributed by atoms with Crippen LogP contribution in [0.5, 0.6) is 0 Å². The Morgan fingerprint density at radius 2 is 2.33 bits per heavy atom. The van der Waals surface area contributed by atoms with Gasteiger partial charge in [0, 0.05) is 10.6 Å². The van der Waals surface area contributed by atoms with Crippen molar-refractivity contribution in [2.75, 3.05) is 6.61 Å². The largest absolute Gasteiger partial charge is 0.460 e. The van der Waals surface area contributed by atoms with Crippen LogP contribution in [-0.2, 0) is 4.74 Å². The summed E-state index contributed by atoms with van der Waals surface area (Å²) in [5.41, 5.74) is 0.628. The number of hydrogen-bond donors (Lipinski definition) is 1. The lowest BCUT2D eigenvalue weighted by molar-refractivity contribution is 0.0513. The maximum atomic E-state index is 13.6. The van der Waals surface area contributed by atoms with Crippen LogP contribution in [0.25, 0.3) is 11.3 Å². The Balaban J connectivity index is 2.35. The van der Waals surface area contributed by atoms with Gasteiger partial charge in [-0.15, -0.1) is 0 Å². The number of ether oxygens (including phenoxy) is 1. The molecule has 0 atom stereocenters. The van der Waals surface area contributed by atoms with Gasteiger partial charge in [0.25, 0.3) is 0 Å². The van der Waals surface area contributed by atoms with Gasteiger partial charge >= 0.3 is 5.97 Å². The fourth-order valence-electron chi connectivity index (χ4n) is 1.47. The van der Waals surface area contributed by atoms with E-state index in [9.17, 15) is 9.18 Å². The minimum atomic E-state index is -0.578. The van der Waals surface area contributed by atoms with Crippen LogP contribution < -0.4 is 0 Å². The van der Waals surface area contributed by atoms with E-state index in [0.717, 1.165) is 0 Å². The van der Waals surface area contributed by atoms with E-state index in [1.165, 1.54) is 24.4 Å². The second-order valence-corrected chi connectivity index (χ2v) is 3.93. The van der Waals surface area contributed by atoms with Gasteiger partial charge in [-0.1, -0.05) is 11.6 Å². The lowest BCUT2D eigenvalue weighted by Gasteiger charge is -2.00. The van der Waals surface area contributed by atoms with Crippen LogP contribution in [0.15, 0.2) is 24.4 Å². The monoisotopic (exact) mass is 268 g/mol. The van der Waals surface area contributed by atoms with E-state index in [2.05, 4.69) is 9.97 Å². The number of nitrogens with one attached hydrogen (secondary N) is 1. The highest BCUT2D eigenvalue weighted by Crippen LogP contribution is 2.24. The summed E-state index contributed by atoms with van der Waals surface area (Å²) in [7, 11) is 0. The van der Waals surface area contributed by atoms with Gasteiger partial charge in [-0.25, -0.2) is 14.2 Å². The molecule has 1 aromatic heterocycles. The number of halogens is 2. The van der Waals surface area contributed by atoms with Gasteiger partial charge in [0.15, 0.2) is 0 Å². The minimum absolute atomic E-state index is 0.0335. The lowest BCUT2D eigenvalue weighted by Crippen LogP contribution is -2.06. The topological polar surface area (TPSA) is 55.0 Å². The molecule has 2 aromatic rings. The van der Waals surface area contributed by atoms with Crippen molar-refractivity contribution >= 4 is 17.6 Å². The Morgan fingerprint density at radius 3 is 3.06 bits per heavy atom. The molecule has 0 saturated carbocycles. The van der Waals surface area contributed by atoms with Gasteiger partial charge in [-0.2, -0.15) is 0 Å². The highest BCUT2D eigenvalue weighted by molar-refractivity contribution is 6.30. The summed E-state index contributed by atoms with van der Waals surface area (Å²) < 4.78 is 18.4. The summed E-state index contributed by atoms with van der Waals surface area (Å²) in [6.45, 7) is 1.94. The van der Waals surface area contributed by atoms with Crippen LogP contribution in [0.2, 0.25) is 5.02 Å². The maximum absolute atomic E-state index is 13.6. The highest BCUT2D eigenvalue weighted by atomic mass is 35.5. The van der Waals surface area contributed by atoms with E-state index in [0.29, 0.717) is 10.7 Å². The quantitative estimate of drug-likeness (QED) is 0.871. The average Bonchev–Trinajstić information content (AvgIpc) is 2.82. The van der Waals surface area contributed by atoms with Crippen molar-refractivity contribution in [2.45, 2.75) is 6.92 Å². The predicted octanol–water partition coefficient (Wildman–Crippen LogP) is 3.05. The van der Waals surface area contributed by atoms with Gasteiger partial charge in [-0.05, 0) is 25.1 Å². The van der Waals surface area contributed by atoms with E-state index in [-0.39, 0.29) is 18.0 Å². The van der Waals surface area contributed by atoms with Crippen molar-refractivity contribution in [3.05, 3.63) is 41.1 Å². The average molecular weight is 269 g/mol. The molecule has 0 fully saturated rings. The lowest BCUT2D eigenvalue weighted by atomic mass is 10.1. The zero-order valence-electron chi connectivity index (χ0n) is 9.54. The molecule has 1 N–H and O–H groups in total. The first kappa shape index (κ1) is 12.6. The second kappa shape index (κ2) is 5.18. The molecule has 18 heavy (non-hydrogen) atoms. The summed E-state index contributed by atoms with van der Waals surface area (Å²) in [5.74, 6) is -0.990. The molecule has 0 amide bonds. The first-order valence-electron chi connectivity index (χ1n) is 5.29. The van der Waals surface area contributed by atoms with Crippen molar-refractivity contribution in [3.63, 3.8) is 0 Å². The van der Waals surface area contributed by atoms with Gasteiger partial charge in [0.05, 0.1) is 18.5 Å². The Bertz CT molecular complexity index is 583. The normalized spacial score (nSPS) is 10.4. The van der Waals surface area contributed by atoms with Crippen molar-refractivity contribution in [3.8, 4) is 11.3 Å². The fourth-order valence-corrected chi connectivity index (χ4v) is 1.64. The third-order valence-electron chi connectivity index (χ3n) is 2.26. The third-order valence-corrected chi connectivity index (χ3v) is 2.50. The SMILES string of the molecule is CCOC(=O)c1ncc(-c2cc(Cl)ccc2F)[nH]1. The Labute approximate surface area is 108 Å². The molecule has 1 aromatic carbocycles. The standard InChI is InChI=1S/C12H10ClFN2O2/c1-2-18-12(17)11-15-6-10(16-11)8-5-7(13)3-4-9(8)14/h3-6H,2H2,1H3,(H,15,16). The molecule has 4 nitrogen and oxygen atoms in total. The summed E-state index contributed by atoms with van der Waals surface area (Å²) in [5, 5.41) is 0.402. The molecule has 0 spiro atoms. The molecule has 0 bridgehead atoms. The number of hydrogen-bond acceptors (Lipinski definition) is 3. The summed E-state index contributed by atoms with van der Waals surface area (Å²) in [6.07, 6.45) is 1.36. The van der Waals surface area contributed by atoms with Gasteiger partial charge in [-0.3, -0.25) is 0 Å². The fraction of sp³-hybridized carbons (Fsp3) is 0.167. The maximum Gasteiger partial charge on any atom is 0.374 e. The number of carbonyl (C=O) groups excluding carboxylic acids is 1. The van der Waals surface area contributed by atoms with Crippen LogP contribution in [-0.4, -0.2) is 22.5 Å². The van der Waals surface area contributed by atoms with Crippen molar-refractivity contribution in [1.82, 2.24) is 9.97 Å². The molecule has 0 radical (unpaired) electrons. The van der Waals surface area contributed by atoms with Crippen molar-refractivity contribution in [2.24, 2.45) is 0 Å². The molecule has 94 valence electrons. The van der Waals surface area contributed by atoms with Gasteiger partial charge in [0.2, 0.25) is 5.82 Å². The van der Waals surface area contributed by atoms with Crippen molar-refractivity contribution in [1.29, 1.82) is 0 Å². The molecule has 0 aliphatic rings. The number of benzene rings is 1. The van der Waals surface area contributed by atoms with Crippen LogP contribution in [0.1, 0.15) is 17.5 Å². The van der Waals surface area contributed by atoms with E-state index in [4.69, 9.17) is 16.3 Å². The van der Waals surface area contributed by atoms with E-state index in [1.807, 2.05) is 0 Å². The number of esters is 1. The molecular formula is C12H10ClFN2O2. The Morgan fingerprint density at radius 1 is 1.56 bits per heavy atom. The molecular weight excluding hydrogens is 259 g/mol. The molecule has 2 rings (SSSR count). The Hall–Kier alpha value is -1.88. The first-order valence-corrected chi connectivity index (χ1v) is 5.67. The van der Waals surface area contributed by atoms with Crippen LogP contribution >= 0.6 is 11.6 Å². The number of aromatic amines is 1. The summed E-state index contributed by atoms with van der Waals surface area (Å²) in [4.78, 5) is 17.9. The van der Waals surface area contributed by atoms with E-state index < -0.39 is 11.8 Å². The number of nitrogens with zero attached hydrogens (tertiary/aromatic N) is 1. The second-order valence-electron chi connectivity index (χ2n) is 3.49. The van der Waals surface area contributed by atoms with Gasteiger partial charge in [0.1, 0.15) is 5.82 Å². The van der Waals surface area contributed by atoms with Gasteiger partial charge < -0.3 is 9.72 Å². The number of rotatable bonds is 3. The minimum Gasteiger partial charge on any atom is -0.460 e. The number of carbonyl (C=O) groups is 1. The zero-order chi connectivity index (χ0) is 13.1. The third kappa shape index (κ3) is 2.51. The molecule has 0 aliphatic carbocycles. The van der Waals surface area contributed by atoms with Crippen molar-refractivity contribution < 1.29 is 13.9 Å². The van der Waals surface area contributed by atoms with E-state index >= 15 is 0 Å². The molecule has 6 heteroatoms. The predicted molar refractivity (Wildman–Crippen MR) is 64.9 cm³/mol. The number of H-pyrrole nitrogens is 1. The zero-order valence-corrected chi connectivity index (χ0v) is 10.3. The number of aromatic nitrogens is 2. The highest BCUT2D eigenvalue weighted by Gasteiger charge is 2.14. The Kier molecular flexibility index (Phi) is 3.62. The molecule has 0 saturated heterocycles. The molecule has 0 aliphatic heterocycles. The first-order chi connectivity index (χ1) is 8.61. The smallest absolute Gasteiger partial charge is 0.374 e. The molecule has 1 heterocycles. The summed E-state index contributed by atoms with van der Waals surface area (Å²) >= 11 is 5.79. The van der Waals surface area contributed by atoms with E-state index in [1.54, 1.807) is 6.92 Å². The van der Waals surface area contributed by atoms with Crippen LogP contribution in [0.3, 0.4) is 0 Å². The van der Waals surface area contributed by atoms with Crippen LogP contribution in [0, 0.1) is 5.82 Å². The van der Waals surface area contributed by atoms with Crippen LogP contribution in [0.4, 0.5) is 4.39 Å². The molecule has 0 unspecified atom stereocenters. The summed E-state index contributed by atoms with van der Waals surface area (Å²) in [6, 6.07) is 4.16. The number of imidazole rings is 1.